The van der Waals surface area contributed by atoms with E-state index in [1.807, 2.05) is 6.92 Å². The molecule has 0 unspecified atom stereocenters. The van der Waals surface area contributed by atoms with E-state index in [2.05, 4.69) is 10.3 Å². The number of sulfone groups is 1. The average Bonchev–Trinajstić information content (AvgIpc) is 2.56. The van der Waals surface area contributed by atoms with E-state index < -0.39 is 9.84 Å². The maximum absolute atomic E-state index is 10.8. The number of oxazole rings is 1. The number of nitrogens with zero attached hydrogens (tertiary/aromatic N) is 1. The van der Waals surface area contributed by atoms with E-state index in [0.717, 1.165) is 18.0 Å². The molecule has 0 saturated carbocycles. The number of aryl methyl sites for hydroxylation is 1. The molecule has 16 heavy (non-hydrogen) atoms. The molecule has 1 aromatic rings. The van der Waals surface area contributed by atoms with Crippen molar-refractivity contribution in [2.75, 3.05) is 30.9 Å². The molecule has 1 rings (SSSR count). The third-order valence-electron chi connectivity index (χ3n) is 1.75. The largest absolute Gasteiger partial charge is 0.440 e. The van der Waals surface area contributed by atoms with E-state index in [1.165, 1.54) is 18.0 Å². The molecule has 0 radical (unpaired) electrons. The van der Waals surface area contributed by atoms with Crippen molar-refractivity contribution in [2.24, 2.45) is 0 Å². The predicted molar refractivity (Wildman–Crippen MR) is 64.5 cm³/mol. The average molecular weight is 264 g/mol. The Morgan fingerprint density at radius 2 is 2.25 bits per heavy atom. The number of thioether (sulfide) groups is 1. The first-order valence-electron chi connectivity index (χ1n) is 4.91. The highest BCUT2D eigenvalue weighted by Crippen LogP contribution is 2.15. The summed E-state index contributed by atoms with van der Waals surface area (Å²) in [5.41, 5.74) is 0.868. The molecule has 0 bridgehead atoms. The molecule has 0 fully saturated rings. The molecule has 1 aromatic heterocycles. The van der Waals surface area contributed by atoms with Gasteiger partial charge in [0.1, 0.15) is 16.1 Å². The predicted octanol–water partition coefficient (Wildman–Crippen LogP) is 0.709. The minimum Gasteiger partial charge on any atom is -0.440 e. The van der Waals surface area contributed by atoms with Crippen LogP contribution in [0.25, 0.3) is 0 Å². The number of hydrogen-bond acceptors (Lipinski definition) is 6. The zero-order valence-corrected chi connectivity index (χ0v) is 11.0. The van der Waals surface area contributed by atoms with Crippen molar-refractivity contribution in [2.45, 2.75) is 12.1 Å². The molecular formula is C9H16N2O3S2. The van der Waals surface area contributed by atoms with Gasteiger partial charge in [-0.05, 0) is 6.92 Å². The summed E-state index contributed by atoms with van der Waals surface area (Å²) in [5, 5.41) is 3.70. The standard InChI is InChI=1S/C9H16N2O3S2/c1-8-7-14-9(11-8)15-5-3-10-4-6-16(2,12)13/h7,10H,3-6H2,1-2H3. The first-order chi connectivity index (χ1) is 7.47. The van der Waals surface area contributed by atoms with Crippen molar-refractivity contribution in [3.05, 3.63) is 12.0 Å². The van der Waals surface area contributed by atoms with Crippen LogP contribution < -0.4 is 5.32 Å². The van der Waals surface area contributed by atoms with E-state index >= 15 is 0 Å². The fourth-order valence-corrected chi connectivity index (χ4v) is 2.25. The summed E-state index contributed by atoms with van der Waals surface area (Å²) < 4.78 is 26.8. The summed E-state index contributed by atoms with van der Waals surface area (Å²) in [6, 6.07) is 0. The summed E-state index contributed by atoms with van der Waals surface area (Å²) >= 11 is 1.51. The van der Waals surface area contributed by atoms with Crippen LogP contribution in [0.15, 0.2) is 15.9 Å². The Morgan fingerprint density at radius 3 is 2.81 bits per heavy atom. The third-order valence-corrected chi connectivity index (χ3v) is 3.54. The van der Waals surface area contributed by atoms with E-state index in [4.69, 9.17) is 4.42 Å². The second-order valence-electron chi connectivity index (χ2n) is 3.48. The molecular weight excluding hydrogens is 248 g/mol. The Balaban J connectivity index is 2.04. The Morgan fingerprint density at radius 1 is 1.50 bits per heavy atom. The molecule has 1 heterocycles. The molecule has 92 valence electrons. The van der Waals surface area contributed by atoms with Crippen LogP contribution in [-0.4, -0.2) is 44.3 Å². The highest BCUT2D eigenvalue weighted by Gasteiger charge is 2.02. The summed E-state index contributed by atoms with van der Waals surface area (Å²) in [5.74, 6) is 0.986. The molecule has 0 atom stereocenters. The number of rotatable bonds is 7. The topological polar surface area (TPSA) is 72.2 Å². The van der Waals surface area contributed by atoms with Crippen LogP contribution in [0.1, 0.15) is 5.69 Å². The highest BCUT2D eigenvalue weighted by molar-refractivity contribution is 7.99. The van der Waals surface area contributed by atoms with Gasteiger partial charge in [-0.15, -0.1) is 0 Å². The van der Waals surface area contributed by atoms with E-state index in [9.17, 15) is 8.42 Å². The number of aromatic nitrogens is 1. The second kappa shape index (κ2) is 6.27. The van der Waals surface area contributed by atoms with Crippen LogP contribution >= 0.6 is 11.8 Å². The first kappa shape index (κ1) is 13.5. The van der Waals surface area contributed by atoms with Crippen LogP contribution in [0.3, 0.4) is 0 Å². The van der Waals surface area contributed by atoms with Gasteiger partial charge in [0.05, 0.1) is 11.4 Å². The van der Waals surface area contributed by atoms with Crippen LogP contribution in [0, 0.1) is 6.92 Å². The van der Waals surface area contributed by atoms with Crippen LogP contribution in [0.5, 0.6) is 0 Å². The van der Waals surface area contributed by atoms with Crippen LogP contribution in [0.2, 0.25) is 0 Å². The van der Waals surface area contributed by atoms with Crippen molar-refractivity contribution in [3.63, 3.8) is 0 Å². The monoisotopic (exact) mass is 264 g/mol. The first-order valence-corrected chi connectivity index (χ1v) is 7.95. The maximum Gasteiger partial charge on any atom is 0.255 e. The van der Waals surface area contributed by atoms with E-state index in [-0.39, 0.29) is 5.75 Å². The normalized spacial score (nSPS) is 11.9. The fourth-order valence-electron chi connectivity index (χ4n) is 0.992. The maximum atomic E-state index is 10.8. The smallest absolute Gasteiger partial charge is 0.255 e. The van der Waals surface area contributed by atoms with Crippen molar-refractivity contribution in [3.8, 4) is 0 Å². The minimum atomic E-state index is -2.86. The lowest BCUT2D eigenvalue weighted by molar-refractivity contribution is 0.454. The van der Waals surface area contributed by atoms with Gasteiger partial charge in [0.2, 0.25) is 0 Å². The SMILES string of the molecule is Cc1coc(SCCNCCS(C)(=O)=O)n1. The van der Waals surface area contributed by atoms with Crippen molar-refractivity contribution in [1.29, 1.82) is 0 Å². The Labute approximate surface area is 99.9 Å². The zero-order chi connectivity index (χ0) is 12.0. The number of nitrogens with one attached hydrogen (secondary N) is 1. The van der Waals surface area contributed by atoms with Gasteiger partial charge in [0.25, 0.3) is 5.22 Å². The number of hydrogen-bond donors (Lipinski definition) is 1. The molecule has 1 N–H and O–H groups in total. The van der Waals surface area contributed by atoms with Crippen molar-refractivity contribution >= 4 is 21.6 Å². The molecule has 0 amide bonds. The molecule has 0 aromatic carbocycles. The second-order valence-corrected chi connectivity index (χ2v) is 6.79. The van der Waals surface area contributed by atoms with E-state index in [1.54, 1.807) is 6.26 Å². The van der Waals surface area contributed by atoms with E-state index in [0.29, 0.717) is 11.8 Å². The Hall–Kier alpha value is -0.530. The summed E-state index contributed by atoms with van der Waals surface area (Å²) in [6.45, 7) is 3.10. The highest BCUT2D eigenvalue weighted by atomic mass is 32.2. The lowest BCUT2D eigenvalue weighted by Gasteiger charge is -2.01. The molecule has 0 spiro atoms. The summed E-state index contributed by atoms with van der Waals surface area (Å²) in [7, 11) is -2.86. The van der Waals surface area contributed by atoms with Crippen LogP contribution in [0.4, 0.5) is 0 Å². The van der Waals surface area contributed by atoms with Gasteiger partial charge in [0.15, 0.2) is 0 Å². The summed E-state index contributed by atoms with van der Waals surface area (Å²) in [6.07, 6.45) is 2.85. The van der Waals surface area contributed by atoms with Gasteiger partial charge in [-0.25, -0.2) is 13.4 Å². The third kappa shape index (κ3) is 6.14. The molecule has 0 aliphatic rings. The van der Waals surface area contributed by atoms with Crippen molar-refractivity contribution < 1.29 is 12.8 Å². The fraction of sp³-hybridized carbons (Fsp3) is 0.667. The molecule has 7 heteroatoms. The summed E-state index contributed by atoms with van der Waals surface area (Å²) in [4.78, 5) is 4.14. The van der Waals surface area contributed by atoms with Gasteiger partial charge in [-0.2, -0.15) is 0 Å². The van der Waals surface area contributed by atoms with Gasteiger partial charge in [-0.1, -0.05) is 11.8 Å². The Kier molecular flexibility index (Phi) is 5.30. The van der Waals surface area contributed by atoms with Crippen LogP contribution in [-0.2, 0) is 9.84 Å². The quantitative estimate of drug-likeness (QED) is 0.577. The van der Waals surface area contributed by atoms with Gasteiger partial charge in [-0.3, -0.25) is 0 Å². The molecule has 0 aliphatic carbocycles. The molecule has 5 nitrogen and oxygen atoms in total. The lowest BCUT2D eigenvalue weighted by Crippen LogP contribution is -2.24. The van der Waals surface area contributed by atoms with Crippen molar-refractivity contribution in [1.82, 2.24) is 10.3 Å². The van der Waals surface area contributed by atoms with Gasteiger partial charge < -0.3 is 9.73 Å². The molecule has 0 aliphatic heterocycles. The van der Waals surface area contributed by atoms with Gasteiger partial charge in [0, 0.05) is 25.1 Å². The molecule has 0 saturated heterocycles. The van der Waals surface area contributed by atoms with Gasteiger partial charge >= 0.3 is 0 Å². The minimum absolute atomic E-state index is 0.176. The lowest BCUT2D eigenvalue weighted by atomic mass is 10.6. The zero-order valence-electron chi connectivity index (χ0n) is 9.39. The Bertz CT molecular complexity index is 414.